The molecule has 3 rings (SSSR count). The maximum Gasteiger partial charge on any atom is 0.194 e. The zero-order valence-electron chi connectivity index (χ0n) is 17.0. The highest BCUT2D eigenvalue weighted by Crippen LogP contribution is 2.19. The van der Waals surface area contributed by atoms with Crippen molar-refractivity contribution in [2.75, 3.05) is 32.8 Å². The van der Waals surface area contributed by atoms with Gasteiger partial charge in [0.25, 0.3) is 0 Å². The summed E-state index contributed by atoms with van der Waals surface area (Å²) in [5, 5.41) is 4.52. The van der Waals surface area contributed by atoms with E-state index in [0.29, 0.717) is 18.8 Å². The lowest BCUT2D eigenvalue weighted by molar-refractivity contribution is -0.0721. The minimum absolute atomic E-state index is 0.306. The number of rotatable bonds is 6. The molecule has 1 unspecified atom stereocenters. The molecule has 0 amide bonds. The number of piperidine rings is 1. The minimum atomic E-state index is 0.306. The summed E-state index contributed by atoms with van der Waals surface area (Å²) in [5.41, 5.74) is 1.12. The van der Waals surface area contributed by atoms with E-state index in [1.165, 1.54) is 17.7 Å². The smallest absolute Gasteiger partial charge is 0.194 e. The van der Waals surface area contributed by atoms with Crippen molar-refractivity contribution in [1.82, 2.24) is 15.2 Å². The van der Waals surface area contributed by atoms with Crippen molar-refractivity contribution in [3.63, 3.8) is 0 Å². The van der Waals surface area contributed by atoms with E-state index in [1.807, 2.05) is 0 Å². The minimum Gasteiger partial charge on any atom is -0.376 e. The predicted octanol–water partition coefficient (Wildman–Crippen LogP) is 3.28. The van der Waals surface area contributed by atoms with Crippen LogP contribution in [0.15, 0.2) is 4.99 Å². The Hall–Kier alpha value is -1.18. The molecular formula is C20H34N4O2S. The number of likely N-dealkylation sites (tertiary alicyclic amines) is 1. The van der Waals surface area contributed by atoms with Crippen LogP contribution in [0, 0.1) is 13.8 Å². The van der Waals surface area contributed by atoms with Gasteiger partial charge in [-0.25, -0.2) is 9.98 Å². The molecule has 0 spiro atoms. The van der Waals surface area contributed by atoms with E-state index in [1.54, 1.807) is 11.3 Å². The Kier molecular flexibility index (Phi) is 7.91. The Balaban J connectivity index is 1.46. The van der Waals surface area contributed by atoms with Crippen molar-refractivity contribution in [2.45, 2.75) is 71.6 Å². The fourth-order valence-corrected chi connectivity index (χ4v) is 4.45. The Morgan fingerprint density at radius 3 is 2.74 bits per heavy atom. The summed E-state index contributed by atoms with van der Waals surface area (Å²) in [6.45, 7) is 11.4. The number of guanidine groups is 1. The quantitative estimate of drug-likeness (QED) is 0.593. The van der Waals surface area contributed by atoms with E-state index >= 15 is 0 Å². The van der Waals surface area contributed by atoms with E-state index in [4.69, 9.17) is 14.5 Å². The van der Waals surface area contributed by atoms with E-state index in [0.717, 1.165) is 68.8 Å². The number of nitrogens with one attached hydrogen (secondary N) is 1. The summed E-state index contributed by atoms with van der Waals surface area (Å²) in [6, 6.07) is 0. The molecule has 6 nitrogen and oxygen atoms in total. The summed E-state index contributed by atoms with van der Waals surface area (Å²) in [6.07, 6.45) is 6.36. The zero-order valence-corrected chi connectivity index (χ0v) is 17.8. The monoisotopic (exact) mass is 394 g/mol. The molecule has 2 aliphatic rings. The average Bonchev–Trinajstić information content (AvgIpc) is 3.02. The lowest BCUT2D eigenvalue weighted by atomic mass is 10.1. The molecular weight excluding hydrogens is 360 g/mol. The molecule has 2 fully saturated rings. The molecule has 3 heterocycles. The van der Waals surface area contributed by atoms with Gasteiger partial charge < -0.3 is 19.7 Å². The molecule has 152 valence electrons. The molecule has 1 N–H and O–H groups in total. The summed E-state index contributed by atoms with van der Waals surface area (Å²) in [4.78, 5) is 13.1. The van der Waals surface area contributed by atoms with Crippen LogP contribution in [0.25, 0.3) is 0 Å². The summed E-state index contributed by atoms with van der Waals surface area (Å²) in [5.74, 6) is 0.997. The number of ether oxygens (including phenoxy) is 2. The van der Waals surface area contributed by atoms with Gasteiger partial charge in [0.05, 0.1) is 31.1 Å². The number of aliphatic imine (C=N–C) groups is 1. The number of nitrogens with zero attached hydrogens (tertiary/aromatic N) is 3. The van der Waals surface area contributed by atoms with Gasteiger partial charge in [-0.1, -0.05) is 0 Å². The molecule has 0 radical (unpaired) electrons. The Morgan fingerprint density at radius 1 is 1.30 bits per heavy atom. The third kappa shape index (κ3) is 6.16. The maximum atomic E-state index is 6.14. The third-order valence-corrected chi connectivity index (χ3v) is 6.36. The average molecular weight is 395 g/mol. The van der Waals surface area contributed by atoms with Crippen molar-refractivity contribution >= 4 is 17.3 Å². The second-order valence-electron chi connectivity index (χ2n) is 7.43. The van der Waals surface area contributed by atoms with Crippen molar-refractivity contribution in [3.05, 3.63) is 15.6 Å². The zero-order chi connectivity index (χ0) is 19.1. The van der Waals surface area contributed by atoms with Crippen LogP contribution in [0.3, 0.4) is 0 Å². The molecule has 27 heavy (non-hydrogen) atoms. The molecule has 1 atom stereocenters. The fourth-order valence-electron chi connectivity index (χ4n) is 3.59. The highest BCUT2D eigenvalue weighted by Gasteiger charge is 2.23. The van der Waals surface area contributed by atoms with Gasteiger partial charge in [0.15, 0.2) is 5.96 Å². The van der Waals surface area contributed by atoms with E-state index in [9.17, 15) is 0 Å². The molecule has 0 aliphatic carbocycles. The van der Waals surface area contributed by atoms with Crippen molar-refractivity contribution in [1.29, 1.82) is 0 Å². The second kappa shape index (κ2) is 10.4. The van der Waals surface area contributed by atoms with Gasteiger partial charge in [-0.05, 0) is 52.9 Å². The Morgan fingerprint density at radius 2 is 2.11 bits per heavy atom. The van der Waals surface area contributed by atoms with Gasteiger partial charge in [0, 0.05) is 31.1 Å². The topological polar surface area (TPSA) is 59.0 Å². The SMILES string of the molecule is CCNC(=NCc1nc(C)c(C)s1)N1CCC(OCC2CCCCO2)CC1. The van der Waals surface area contributed by atoms with Gasteiger partial charge >= 0.3 is 0 Å². The lowest BCUT2D eigenvalue weighted by Crippen LogP contribution is -2.47. The highest BCUT2D eigenvalue weighted by atomic mass is 32.1. The fraction of sp³-hybridized carbons (Fsp3) is 0.800. The van der Waals surface area contributed by atoms with E-state index in [2.05, 4.69) is 36.0 Å². The van der Waals surface area contributed by atoms with Gasteiger partial charge in [-0.15, -0.1) is 11.3 Å². The van der Waals surface area contributed by atoms with Gasteiger partial charge in [-0.3, -0.25) is 0 Å². The molecule has 7 heteroatoms. The number of hydrogen-bond acceptors (Lipinski definition) is 5. The van der Waals surface area contributed by atoms with Gasteiger partial charge in [0.1, 0.15) is 5.01 Å². The molecule has 2 saturated heterocycles. The van der Waals surface area contributed by atoms with Crippen LogP contribution >= 0.6 is 11.3 Å². The molecule has 0 aromatic carbocycles. The molecule has 0 saturated carbocycles. The van der Waals surface area contributed by atoms with Crippen molar-refractivity contribution in [3.8, 4) is 0 Å². The predicted molar refractivity (Wildman–Crippen MR) is 111 cm³/mol. The largest absolute Gasteiger partial charge is 0.376 e. The second-order valence-corrected chi connectivity index (χ2v) is 8.72. The van der Waals surface area contributed by atoms with Crippen LogP contribution in [-0.2, 0) is 16.0 Å². The van der Waals surface area contributed by atoms with E-state index < -0.39 is 0 Å². The van der Waals surface area contributed by atoms with Crippen LogP contribution in [0.1, 0.15) is 54.6 Å². The van der Waals surface area contributed by atoms with Crippen LogP contribution in [0.4, 0.5) is 0 Å². The first-order valence-corrected chi connectivity index (χ1v) is 11.2. The Bertz CT molecular complexity index is 586. The van der Waals surface area contributed by atoms with Crippen LogP contribution in [-0.4, -0.2) is 60.9 Å². The third-order valence-electron chi connectivity index (χ3n) is 5.31. The summed E-state index contributed by atoms with van der Waals surface area (Å²) in [7, 11) is 0. The number of thiazole rings is 1. The normalized spacial score (nSPS) is 22.3. The van der Waals surface area contributed by atoms with Gasteiger partial charge in [-0.2, -0.15) is 0 Å². The molecule has 0 bridgehead atoms. The summed E-state index contributed by atoms with van der Waals surface area (Å²) < 4.78 is 11.9. The Labute approximate surface area is 167 Å². The lowest BCUT2D eigenvalue weighted by Gasteiger charge is -2.35. The first-order valence-electron chi connectivity index (χ1n) is 10.3. The first-order chi connectivity index (χ1) is 13.2. The van der Waals surface area contributed by atoms with E-state index in [-0.39, 0.29) is 0 Å². The van der Waals surface area contributed by atoms with Crippen LogP contribution in [0.2, 0.25) is 0 Å². The molecule has 2 aliphatic heterocycles. The van der Waals surface area contributed by atoms with Crippen LogP contribution < -0.4 is 5.32 Å². The summed E-state index contributed by atoms with van der Waals surface area (Å²) >= 11 is 1.75. The standard InChI is InChI=1S/C20H34N4O2S/c1-4-21-20(22-13-19-23-15(2)16(3)27-19)24-10-8-17(9-11-24)26-14-18-7-5-6-12-25-18/h17-18H,4-14H2,1-3H3,(H,21,22). The van der Waals surface area contributed by atoms with Crippen molar-refractivity contribution in [2.24, 2.45) is 4.99 Å². The number of hydrogen-bond donors (Lipinski definition) is 1. The number of aromatic nitrogens is 1. The number of aryl methyl sites for hydroxylation is 2. The molecule has 1 aromatic rings. The maximum absolute atomic E-state index is 6.14. The highest BCUT2D eigenvalue weighted by molar-refractivity contribution is 7.11. The van der Waals surface area contributed by atoms with Crippen molar-refractivity contribution < 1.29 is 9.47 Å². The first kappa shape index (κ1) is 20.6. The van der Waals surface area contributed by atoms with Gasteiger partial charge in [0.2, 0.25) is 0 Å². The molecule has 1 aromatic heterocycles. The van der Waals surface area contributed by atoms with Crippen LogP contribution in [0.5, 0.6) is 0 Å².